The van der Waals surface area contributed by atoms with E-state index in [1.54, 1.807) is 35.0 Å². The minimum Gasteiger partial charge on any atom is -0.493 e. The van der Waals surface area contributed by atoms with Crippen molar-refractivity contribution < 1.29 is 41.8 Å². The van der Waals surface area contributed by atoms with Crippen molar-refractivity contribution in [2.75, 3.05) is 81.3 Å². The zero-order chi connectivity index (χ0) is 47.9. The number of benzene rings is 4. The second kappa shape index (κ2) is 18.9. The summed E-state index contributed by atoms with van der Waals surface area (Å²) in [7, 11) is -0.267. The number of fused-ring (bicyclic) bond motifs is 2. The van der Waals surface area contributed by atoms with Crippen molar-refractivity contribution in [2.24, 2.45) is 13.0 Å². The molecule has 0 aliphatic carbocycles. The molecule has 358 valence electrons. The normalized spacial score (nSPS) is 19.9. The summed E-state index contributed by atoms with van der Waals surface area (Å²) in [5.41, 5.74) is 3.52. The fourth-order valence-electron chi connectivity index (χ4n) is 10.3. The average Bonchev–Trinajstić information content (AvgIpc) is 3.80. The van der Waals surface area contributed by atoms with Crippen LogP contribution in [0.25, 0.3) is 10.9 Å². The van der Waals surface area contributed by atoms with Gasteiger partial charge >= 0.3 is 0 Å². The van der Waals surface area contributed by atoms with E-state index in [2.05, 4.69) is 32.1 Å². The number of rotatable bonds is 15. The van der Waals surface area contributed by atoms with Gasteiger partial charge in [0.2, 0.25) is 11.8 Å². The number of piperidine rings is 2. The van der Waals surface area contributed by atoms with Gasteiger partial charge in [0.05, 0.1) is 59.0 Å². The van der Waals surface area contributed by atoms with Gasteiger partial charge in [-0.25, -0.2) is 8.42 Å². The molecule has 9 rings (SSSR count). The maximum Gasteiger partial charge on any atom is 0.264 e. The van der Waals surface area contributed by atoms with Crippen molar-refractivity contribution in [3.63, 3.8) is 0 Å². The highest BCUT2D eigenvalue weighted by atomic mass is 32.2. The minimum absolute atomic E-state index is 0.255. The van der Waals surface area contributed by atoms with E-state index >= 15 is 0 Å². The molecule has 1 N–H and O–H groups in total. The third-order valence-corrected chi connectivity index (χ3v) is 15.1. The molecule has 0 bridgehead atoms. The number of carbonyl (C=O) groups is 4. The molecule has 0 spiro atoms. The highest BCUT2D eigenvalue weighted by Gasteiger charge is 2.45. The molecule has 2 atom stereocenters. The number of amides is 4. The van der Waals surface area contributed by atoms with Gasteiger partial charge in [-0.15, -0.1) is 0 Å². The van der Waals surface area contributed by atoms with Crippen LogP contribution in [-0.4, -0.2) is 123 Å². The summed E-state index contributed by atoms with van der Waals surface area (Å²) >= 11 is 0. The van der Waals surface area contributed by atoms with E-state index in [0.717, 1.165) is 85.5 Å². The number of hydrogen-bond donors (Lipinski definition) is 1. The number of sulfone groups is 1. The van der Waals surface area contributed by atoms with Crippen molar-refractivity contribution in [3.05, 3.63) is 101 Å². The molecule has 3 saturated heterocycles. The van der Waals surface area contributed by atoms with E-state index < -0.39 is 38.9 Å². The third-order valence-electron chi connectivity index (χ3n) is 14.1. The summed E-state index contributed by atoms with van der Waals surface area (Å²) in [6.07, 6.45) is 5.11. The molecule has 3 fully saturated rings. The zero-order valence-electron chi connectivity index (χ0n) is 39.3. The highest BCUT2D eigenvalue weighted by molar-refractivity contribution is 7.90. The van der Waals surface area contributed by atoms with Crippen molar-refractivity contribution >= 4 is 55.7 Å². The summed E-state index contributed by atoms with van der Waals surface area (Å²) in [5, 5.41) is 8.04. The van der Waals surface area contributed by atoms with Crippen molar-refractivity contribution in [3.8, 4) is 23.0 Å². The quantitative estimate of drug-likeness (QED) is 0.116. The topological polar surface area (TPSA) is 173 Å². The number of aryl methyl sites for hydroxylation is 1. The van der Waals surface area contributed by atoms with Gasteiger partial charge in [0, 0.05) is 76.1 Å². The second-order valence-electron chi connectivity index (χ2n) is 18.6. The number of piperazine rings is 1. The Kier molecular flexibility index (Phi) is 13.0. The first-order valence-electron chi connectivity index (χ1n) is 23.4. The Morgan fingerprint density at radius 2 is 1.59 bits per heavy atom. The van der Waals surface area contributed by atoms with Crippen molar-refractivity contribution in [1.29, 1.82) is 0 Å². The molecule has 4 aliphatic heterocycles. The lowest BCUT2D eigenvalue weighted by Crippen LogP contribution is -2.50. The Balaban J connectivity index is 0.767. The van der Waals surface area contributed by atoms with Crippen LogP contribution in [0, 0.1) is 5.92 Å². The molecule has 4 aliphatic rings. The summed E-state index contributed by atoms with van der Waals surface area (Å²) < 4.78 is 44.8. The van der Waals surface area contributed by atoms with Crippen LogP contribution in [-0.2, 0) is 31.9 Å². The Bertz CT molecular complexity index is 2870. The molecule has 4 aromatic carbocycles. The third kappa shape index (κ3) is 9.25. The SMILES string of the molecule is CCOc1cc([C@@H](CS(C)(=O)=O)N2C(=O)c3cccc(N4CCN(CCC5CCN(c6ccc(Oc7ccc8c([C@@]9(C)CCC(=O)NC9=O)nn(C)c8c7)cc6)CC5)CC4)c3C2=O)ccc1OC. The van der Waals surface area contributed by atoms with Crippen LogP contribution < -0.4 is 29.3 Å². The number of hydrogen-bond acceptors (Lipinski definition) is 13. The van der Waals surface area contributed by atoms with Crippen molar-refractivity contribution in [1.82, 2.24) is 24.9 Å². The lowest BCUT2D eigenvalue weighted by atomic mass is 9.77. The van der Waals surface area contributed by atoms with Gasteiger partial charge in [0.15, 0.2) is 11.5 Å². The zero-order valence-corrected chi connectivity index (χ0v) is 40.1. The standard InChI is InChI=1S/C51H59N7O9S/c1-6-66-44-30-34(10-17-43(44)65-4)42(32-68(5,63)64)58-48(60)39-8-7-9-40(46(39)49(58)61)57-28-26-55(27-29-57)23-19-33-20-24-56(25-21-33)35-11-13-36(14-12-35)67-37-15-16-38-41(31-37)54(3)53-47(38)51(2)22-18-45(59)52-50(51)62/h7-17,30-31,33,42H,6,18-29,32H2,1-5H3,(H,52,59,62)/t42-,51-/m1/s1. The summed E-state index contributed by atoms with van der Waals surface area (Å²) in [6.45, 7) is 10.00. The number of ether oxygens (including phenoxy) is 3. The first kappa shape index (κ1) is 46.6. The molecule has 16 nitrogen and oxygen atoms in total. The Hall–Kier alpha value is -6.46. The van der Waals surface area contributed by atoms with Gasteiger partial charge in [0.25, 0.3) is 11.8 Å². The summed E-state index contributed by atoms with van der Waals surface area (Å²) in [5.74, 6) is 0.853. The first-order chi connectivity index (χ1) is 32.6. The van der Waals surface area contributed by atoms with Gasteiger partial charge in [-0.1, -0.05) is 12.1 Å². The van der Waals surface area contributed by atoms with Crippen LogP contribution in [0.5, 0.6) is 23.0 Å². The number of methoxy groups -OCH3 is 1. The van der Waals surface area contributed by atoms with Crippen molar-refractivity contribution in [2.45, 2.75) is 57.4 Å². The maximum absolute atomic E-state index is 14.3. The van der Waals surface area contributed by atoms with Gasteiger partial charge < -0.3 is 24.0 Å². The number of imide groups is 2. The molecule has 68 heavy (non-hydrogen) atoms. The fraction of sp³-hybridized carbons (Fsp3) is 0.431. The Morgan fingerprint density at radius 1 is 0.853 bits per heavy atom. The minimum atomic E-state index is -3.63. The van der Waals surface area contributed by atoms with Gasteiger partial charge in [-0.3, -0.25) is 39.0 Å². The van der Waals surface area contributed by atoms with E-state index in [4.69, 9.17) is 19.3 Å². The molecule has 5 heterocycles. The number of carbonyl (C=O) groups excluding carboxylic acids is 4. The molecule has 4 amide bonds. The van der Waals surface area contributed by atoms with Crippen LogP contribution >= 0.6 is 0 Å². The Labute approximate surface area is 397 Å². The van der Waals surface area contributed by atoms with Crippen LogP contribution in [0.4, 0.5) is 11.4 Å². The maximum atomic E-state index is 14.3. The number of nitrogens with one attached hydrogen (secondary N) is 1. The number of nitrogens with zero attached hydrogens (tertiary/aromatic N) is 6. The lowest BCUT2D eigenvalue weighted by molar-refractivity contribution is -0.137. The predicted octanol–water partition coefficient (Wildman–Crippen LogP) is 6.28. The molecule has 0 saturated carbocycles. The molecule has 1 aromatic heterocycles. The average molecular weight is 946 g/mol. The van der Waals surface area contributed by atoms with Gasteiger partial charge in [0.1, 0.15) is 21.3 Å². The van der Waals surface area contributed by atoms with Gasteiger partial charge in [-0.05, 0) is 118 Å². The number of aromatic nitrogens is 2. The molecule has 5 aromatic rings. The predicted molar refractivity (Wildman–Crippen MR) is 259 cm³/mol. The summed E-state index contributed by atoms with van der Waals surface area (Å²) in [4.78, 5) is 61.3. The molecule has 0 unspecified atom stereocenters. The molecule has 0 radical (unpaired) electrons. The molecular formula is C51H59N7O9S. The summed E-state index contributed by atoms with van der Waals surface area (Å²) in [6, 6.07) is 23.2. The van der Waals surface area contributed by atoms with Crippen LogP contribution in [0.15, 0.2) is 78.9 Å². The fourth-order valence-corrected chi connectivity index (χ4v) is 11.2. The van der Waals surface area contributed by atoms with Gasteiger partial charge in [-0.2, -0.15) is 5.10 Å². The van der Waals surface area contributed by atoms with E-state index in [9.17, 15) is 27.6 Å². The molecular weight excluding hydrogens is 887 g/mol. The van der Waals surface area contributed by atoms with E-state index in [0.29, 0.717) is 71.8 Å². The van der Waals surface area contributed by atoms with Crippen LogP contribution in [0.3, 0.4) is 0 Å². The number of anilines is 2. The largest absolute Gasteiger partial charge is 0.493 e. The molecule has 17 heteroatoms. The highest BCUT2D eigenvalue weighted by Crippen LogP contribution is 2.41. The van der Waals surface area contributed by atoms with Crippen LogP contribution in [0.2, 0.25) is 0 Å². The Morgan fingerprint density at radius 3 is 2.28 bits per heavy atom. The monoisotopic (exact) mass is 945 g/mol. The van der Waals surface area contributed by atoms with E-state index in [1.807, 2.05) is 57.3 Å². The van der Waals surface area contributed by atoms with Crippen LogP contribution in [0.1, 0.15) is 84.0 Å². The smallest absolute Gasteiger partial charge is 0.264 e. The first-order valence-corrected chi connectivity index (χ1v) is 25.5. The van der Waals surface area contributed by atoms with E-state index in [-0.39, 0.29) is 23.8 Å². The lowest BCUT2D eigenvalue weighted by Gasteiger charge is -2.38. The van der Waals surface area contributed by atoms with E-state index in [1.165, 1.54) is 7.11 Å². The second-order valence-corrected chi connectivity index (χ2v) is 20.8.